The summed E-state index contributed by atoms with van der Waals surface area (Å²) in [5, 5.41) is 10.7. The molecule has 0 aromatic heterocycles. The lowest BCUT2D eigenvalue weighted by Gasteiger charge is -2.41. The van der Waals surface area contributed by atoms with Crippen LogP contribution in [0, 0.1) is 0 Å². The maximum absolute atomic E-state index is 2.52. The maximum atomic E-state index is 2.52. The Morgan fingerprint density at radius 2 is 1.04 bits per heavy atom. The fraction of sp³-hybridized carbons (Fsp3) is 0.0400. The number of rotatable bonds is 1. The van der Waals surface area contributed by atoms with Crippen molar-refractivity contribution < 1.29 is 0 Å². The predicted octanol–water partition coefficient (Wildman–Crippen LogP) is 13.2. The summed E-state index contributed by atoms with van der Waals surface area (Å²) in [4.78, 5) is 0. The number of benzene rings is 9. The molecule has 9 aromatic rings. The van der Waals surface area contributed by atoms with Crippen LogP contribution in [0.2, 0.25) is 0 Å². The van der Waals surface area contributed by atoms with Crippen LogP contribution in [0.4, 0.5) is 0 Å². The van der Waals surface area contributed by atoms with E-state index >= 15 is 0 Å². The average molecular weight is 629 g/mol. The van der Waals surface area contributed by atoms with E-state index < -0.39 is 0 Å². The van der Waals surface area contributed by atoms with Crippen molar-refractivity contribution in [3.05, 3.63) is 179 Å². The SMILES string of the molecule is C1=C2CC3(c4ccc(-c5cccc6ccc7cc8ccccc8cc7c56)cc42)c2c1cccc2-c1ccc2c4c(ccc3c14)-c1ccccc1-2. The lowest BCUT2D eigenvalue weighted by atomic mass is 9.60. The molecule has 0 saturated heterocycles. The third-order valence-electron chi connectivity index (χ3n) is 12.6. The first-order chi connectivity index (χ1) is 24.8. The maximum Gasteiger partial charge on any atom is 0.0516 e. The lowest BCUT2D eigenvalue weighted by molar-refractivity contribution is 0.661. The van der Waals surface area contributed by atoms with E-state index in [1.165, 1.54) is 121 Å². The van der Waals surface area contributed by atoms with Gasteiger partial charge >= 0.3 is 0 Å². The second kappa shape index (κ2) is 8.67. The second-order valence-electron chi connectivity index (χ2n) is 14.8. The van der Waals surface area contributed by atoms with Gasteiger partial charge in [-0.15, -0.1) is 0 Å². The zero-order valence-electron chi connectivity index (χ0n) is 27.2. The largest absolute Gasteiger partial charge is 0.0616 e. The Morgan fingerprint density at radius 1 is 0.380 bits per heavy atom. The highest BCUT2D eigenvalue weighted by Crippen LogP contribution is 2.65. The van der Waals surface area contributed by atoms with E-state index in [1.54, 1.807) is 0 Å². The van der Waals surface area contributed by atoms with Gasteiger partial charge in [0.15, 0.2) is 0 Å². The highest BCUT2D eigenvalue weighted by Gasteiger charge is 2.51. The summed E-state index contributed by atoms with van der Waals surface area (Å²) in [5.74, 6) is 0. The molecule has 4 aliphatic carbocycles. The molecule has 0 radical (unpaired) electrons. The smallest absolute Gasteiger partial charge is 0.0516 e. The Morgan fingerprint density at radius 3 is 1.90 bits per heavy atom. The molecule has 1 unspecified atom stereocenters. The Labute approximate surface area is 289 Å². The van der Waals surface area contributed by atoms with Crippen LogP contribution in [0.5, 0.6) is 0 Å². The van der Waals surface area contributed by atoms with E-state index in [-0.39, 0.29) is 5.41 Å². The van der Waals surface area contributed by atoms with Crippen molar-refractivity contribution in [1.82, 2.24) is 0 Å². The van der Waals surface area contributed by atoms with Crippen molar-refractivity contribution in [2.24, 2.45) is 0 Å². The lowest BCUT2D eigenvalue weighted by Crippen LogP contribution is -2.31. The first kappa shape index (κ1) is 25.7. The molecule has 0 fully saturated rings. The molecule has 1 atom stereocenters. The van der Waals surface area contributed by atoms with Gasteiger partial charge in [0.1, 0.15) is 0 Å². The molecule has 13 rings (SSSR count). The highest BCUT2D eigenvalue weighted by atomic mass is 14.5. The minimum absolute atomic E-state index is 0.201. The molecule has 228 valence electrons. The molecule has 0 amide bonds. The van der Waals surface area contributed by atoms with Gasteiger partial charge in [0.25, 0.3) is 0 Å². The van der Waals surface area contributed by atoms with Crippen LogP contribution in [0.1, 0.15) is 34.2 Å². The summed E-state index contributed by atoms with van der Waals surface area (Å²) in [7, 11) is 0. The molecule has 0 saturated carbocycles. The Bertz CT molecular complexity index is 3090. The van der Waals surface area contributed by atoms with Gasteiger partial charge in [-0.1, -0.05) is 140 Å². The normalized spacial score (nSPS) is 16.9. The van der Waals surface area contributed by atoms with Crippen LogP contribution >= 0.6 is 0 Å². The third-order valence-corrected chi connectivity index (χ3v) is 12.6. The van der Waals surface area contributed by atoms with Gasteiger partial charge in [-0.2, -0.15) is 0 Å². The van der Waals surface area contributed by atoms with Crippen LogP contribution in [-0.2, 0) is 5.41 Å². The summed E-state index contributed by atoms with van der Waals surface area (Å²) in [6.45, 7) is 0. The molecular weight excluding hydrogens is 601 g/mol. The number of allylic oxidation sites excluding steroid dienone is 1. The molecule has 0 N–H and O–H groups in total. The van der Waals surface area contributed by atoms with E-state index in [9.17, 15) is 0 Å². The van der Waals surface area contributed by atoms with Gasteiger partial charge in [0.05, 0.1) is 5.41 Å². The summed E-state index contributed by atoms with van der Waals surface area (Å²) < 4.78 is 0. The summed E-state index contributed by atoms with van der Waals surface area (Å²) in [6, 6.07) is 57.9. The Hall–Kier alpha value is -6.24. The summed E-state index contributed by atoms with van der Waals surface area (Å²) in [5.41, 5.74) is 19.3. The molecule has 2 bridgehead atoms. The molecule has 0 heterocycles. The fourth-order valence-corrected chi connectivity index (χ4v) is 10.7. The number of fused-ring (bicyclic) bond motifs is 11. The van der Waals surface area contributed by atoms with Gasteiger partial charge < -0.3 is 0 Å². The quantitative estimate of drug-likeness (QED) is 0.125. The van der Waals surface area contributed by atoms with E-state index in [4.69, 9.17) is 0 Å². The first-order valence-electron chi connectivity index (χ1n) is 17.8. The zero-order valence-corrected chi connectivity index (χ0v) is 27.2. The monoisotopic (exact) mass is 628 g/mol. The summed E-state index contributed by atoms with van der Waals surface area (Å²) >= 11 is 0. The molecule has 50 heavy (non-hydrogen) atoms. The van der Waals surface area contributed by atoms with E-state index in [2.05, 4.69) is 158 Å². The molecule has 0 nitrogen and oxygen atoms in total. The minimum atomic E-state index is -0.201. The third kappa shape index (κ3) is 2.90. The van der Waals surface area contributed by atoms with E-state index in [0.29, 0.717) is 0 Å². The van der Waals surface area contributed by atoms with Crippen molar-refractivity contribution in [2.75, 3.05) is 0 Å². The molecule has 1 spiro atoms. The summed E-state index contributed by atoms with van der Waals surface area (Å²) in [6.07, 6.45) is 3.50. The number of hydrogen-bond donors (Lipinski definition) is 0. The predicted molar refractivity (Wildman–Crippen MR) is 211 cm³/mol. The molecular formula is C50H28. The van der Waals surface area contributed by atoms with Crippen molar-refractivity contribution in [1.29, 1.82) is 0 Å². The standard InChI is InChI=1S/C50H28/c1-2-8-30-25-43-31(23-29(30)7-1)16-15-28-9-5-13-35(46(28)43)32-17-21-44-42(26-32)34-24-33-10-6-14-41-40-19-18-38-36-11-3-4-12-37(36)39-20-22-45(48(40)47(38)39)50(44,27-34)49(33)41/h1-26H,27H2. The number of hydrogen-bond acceptors (Lipinski definition) is 0. The van der Waals surface area contributed by atoms with Crippen molar-refractivity contribution in [3.8, 4) is 44.5 Å². The van der Waals surface area contributed by atoms with Gasteiger partial charge in [0, 0.05) is 0 Å². The second-order valence-corrected chi connectivity index (χ2v) is 14.8. The Kier molecular flexibility index (Phi) is 4.46. The van der Waals surface area contributed by atoms with Gasteiger partial charge in [0.2, 0.25) is 0 Å². The van der Waals surface area contributed by atoms with Crippen LogP contribution < -0.4 is 0 Å². The highest BCUT2D eigenvalue weighted by molar-refractivity contribution is 6.22. The first-order valence-corrected chi connectivity index (χ1v) is 17.8. The van der Waals surface area contributed by atoms with E-state index in [0.717, 1.165) is 6.42 Å². The van der Waals surface area contributed by atoms with Gasteiger partial charge in [-0.05, 0) is 146 Å². The van der Waals surface area contributed by atoms with Crippen LogP contribution in [0.25, 0.3) is 99.2 Å². The van der Waals surface area contributed by atoms with Crippen molar-refractivity contribution in [2.45, 2.75) is 11.8 Å². The topological polar surface area (TPSA) is 0 Å². The molecule has 4 aliphatic rings. The minimum Gasteiger partial charge on any atom is -0.0616 e. The van der Waals surface area contributed by atoms with E-state index in [1.807, 2.05) is 0 Å². The van der Waals surface area contributed by atoms with Crippen molar-refractivity contribution in [3.63, 3.8) is 0 Å². The van der Waals surface area contributed by atoms with Crippen LogP contribution in [-0.4, -0.2) is 0 Å². The van der Waals surface area contributed by atoms with Crippen LogP contribution in [0.15, 0.2) is 152 Å². The van der Waals surface area contributed by atoms with Crippen LogP contribution in [0.3, 0.4) is 0 Å². The average Bonchev–Trinajstić information content (AvgIpc) is 3.63. The molecule has 0 aliphatic heterocycles. The van der Waals surface area contributed by atoms with Gasteiger partial charge in [-0.3, -0.25) is 0 Å². The zero-order chi connectivity index (χ0) is 32.3. The Balaban J connectivity index is 1.09. The van der Waals surface area contributed by atoms with Crippen molar-refractivity contribution >= 4 is 54.7 Å². The molecule has 0 heteroatoms. The fourth-order valence-electron chi connectivity index (χ4n) is 10.7. The molecule has 9 aromatic carbocycles. The van der Waals surface area contributed by atoms with Gasteiger partial charge in [-0.25, -0.2) is 0 Å².